The van der Waals surface area contributed by atoms with Crippen molar-refractivity contribution >= 4 is 0 Å². The van der Waals surface area contributed by atoms with Crippen molar-refractivity contribution in [1.29, 1.82) is 0 Å². The Morgan fingerprint density at radius 1 is 1.15 bits per heavy atom. The highest BCUT2D eigenvalue weighted by molar-refractivity contribution is 4.91. The van der Waals surface area contributed by atoms with Gasteiger partial charge in [0.25, 0.3) is 0 Å². The van der Waals surface area contributed by atoms with Crippen molar-refractivity contribution in [3.63, 3.8) is 0 Å². The minimum Gasteiger partial charge on any atom is -0.395 e. The van der Waals surface area contributed by atoms with Crippen LogP contribution in [-0.2, 0) is 0 Å². The Hall–Kier alpha value is -0.120. The van der Waals surface area contributed by atoms with E-state index in [-0.39, 0.29) is 0 Å². The molecule has 118 valence electrons. The van der Waals surface area contributed by atoms with Gasteiger partial charge in [0, 0.05) is 18.6 Å². The Morgan fingerprint density at radius 3 is 2.50 bits per heavy atom. The van der Waals surface area contributed by atoms with Crippen LogP contribution in [0.1, 0.15) is 64.7 Å². The van der Waals surface area contributed by atoms with Gasteiger partial charge < -0.3 is 10.8 Å². The molecule has 2 rings (SSSR count). The lowest BCUT2D eigenvalue weighted by Gasteiger charge is -2.45. The summed E-state index contributed by atoms with van der Waals surface area (Å²) in [5, 5.41) is 9.48. The highest BCUT2D eigenvalue weighted by Gasteiger charge is 2.36. The zero-order valence-corrected chi connectivity index (χ0v) is 13.3. The normalized spacial score (nSPS) is 32.1. The van der Waals surface area contributed by atoms with Crippen molar-refractivity contribution in [3.8, 4) is 0 Å². The molecule has 2 saturated carbocycles. The van der Waals surface area contributed by atoms with Gasteiger partial charge in [0.1, 0.15) is 0 Å². The summed E-state index contributed by atoms with van der Waals surface area (Å²) < 4.78 is 0. The van der Waals surface area contributed by atoms with Gasteiger partial charge >= 0.3 is 0 Å². The highest BCUT2D eigenvalue weighted by atomic mass is 16.3. The van der Waals surface area contributed by atoms with Crippen molar-refractivity contribution in [1.82, 2.24) is 4.90 Å². The van der Waals surface area contributed by atoms with Gasteiger partial charge in [-0.1, -0.05) is 39.0 Å². The van der Waals surface area contributed by atoms with Crippen LogP contribution in [0.5, 0.6) is 0 Å². The first-order valence-corrected chi connectivity index (χ1v) is 8.86. The summed E-state index contributed by atoms with van der Waals surface area (Å²) in [4.78, 5) is 2.65. The minimum absolute atomic E-state index is 0.294. The quantitative estimate of drug-likeness (QED) is 0.755. The Kier molecular flexibility index (Phi) is 6.79. The lowest BCUT2D eigenvalue weighted by atomic mass is 9.75. The standard InChI is InChI=1S/C17H34N2O/c1-2-5-14-8-9-15(13-18)17(12-14)19(10-11-20)16-6-3-4-7-16/h14-17,20H,2-13,18H2,1H3. The summed E-state index contributed by atoms with van der Waals surface area (Å²) in [6, 6.07) is 1.34. The molecule has 0 radical (unpaired) electrons. The maximum atomic E-state index is 9.48. The molecule has 0 spiro atoms. The van der Waals surface area contributed by atoms with E-state index in [1.807, 2.05) is 0 Å². The lowest BCUT2D eigenvalue weighted by molar-refractivity contribution is 0.0331. The third-order valence-electron chi connectivity index (χ3n) is 5.64. The van der Waals surface area contributed by atoms with Crippen LogP contribution in [0.15, 0.2) is 0 Å². The smallest absolute Gasteiger partial charge is 0.0558 e. The molecule has 3 atom stereocenters. The predicted octanol–water partition coefficient (Wildman–Crippen LogP) is 2.77. The Balaban J connectivity index is 2.04. The molecule has 0 amide bonds. The fourth-order valence-electron chi connectivity index (χ4n) is 4.62. The zero-order valence-electron chi connectivity index (χ0n) is 13.3. The van der Waals surface area contributed by atoms with Crippen LogP contribution in [0.25, 0.3) is 0 Å². The SMILES string of the molecule is CCCC1CCC(CN)C(N(CCO)C2CCCC2)C1. The number of aliphatic hydroxyl groups is 1. The highest BCUT2D eigenvalue weighted by Crippen LogP contribution is 2.37. The molecule has 3 heteroatoms. The van der Waals surface area contributed by atoms with E-state index in [9.17, 15) is 5.11 Å². The first kappa shape index (κ1) is 16.3. The number of nitrogens with zero attached hydrogens (tertiary/aromatic N) is 1. The van der Waals surface area contributed by atoms with E-state index in [2.05, 4.69) is 11.8 Å². The molecule has 0 bridgehead atoms. The molecule has 2 fully saturated rings. The maximum absolute atomic E-state index is 9.48. The van der Waals surface area contributed by atoms with Crippen LogP contribution in [0, 0.1) is 11.8 Å². The molecule has 3 unspecified atom stereocenters. The van der Waals surface area contributed by atoms with Crippen LogP contribution in [0.3, 0.4) is 0 Å². The van der Waals surface area contributed by atoms with Gasteiger partial charge in [0.15, 0.2) is 0 Å². The second-order valence-corrected chi connectivity index (χ2v) is 6.93. The van der Waals surface area contributed by atoms with Crippen LogP contribution < -0.4 is 5.73 Å². The van der Waals surface area contributed by atoms with Crippen LogP contribution in [0.2, 0.25) is 0 Å². The van der Waals surface area contributed by atoms with Crippen molar-refractivity contribution in [2.75, 3.05) is 19.7 Å². The number of aliphatic hydroxyl groups excluding tert-OH is 1. The summed E-state index contributed by atoms with van der Waals surface area (Å²) in [5.41, 5.74) is 6.06. The monoisotopic (exact) mass is 282 g/mol. The molecule has 2 aliphatic rings. The van der Waals surface area contributed by atoms with E-state index in [0.717, 1.165) is 19.0 Å². The summed E-state index contributed by atoms with van der Waals surface area (Å²) in [5.74, 6) is 1.53. The van der Waals surface area contributed by atoms with Crippen molar-refractivity contribution < 1.29 is 5.11 Å². The topological polar surface area (TPSA) is 49.5 Å². The fourth-order valence-corrected chi connectivity index (χ4v) is 4.62. The van der Waals surface area contributed by atoms with Gasteiger partial charge in [0.2, 0.25) is 0 Å². The largest absolute Gasteiger partial charge is 0.395 e. The van der Waals surface area contributed by atoms with Gasteiger partial charge in [-0.25, -0.2) is 0 Å². The van der Waals surface area contributed by atoms with Gasteiger partial charge in [-0.3, -0.25) is 4.90 Å². The van der Waals surface area contributed by atoms with E-state index in [1.54, 1.807) is 0 Å². The summed E-state index contributed by atoms with van der Waals surface area (Å²) >= 11 is 0. The average molecular weight is 282 g/mol. The molecule has 0 saturated heterocycles. The van der Waals surface area contributed by atoms with Gasteiger partial charge in [-0.15, -0.1) is 0 Å². The molecule has 3 nitrogen and oxygen atoms in total. The summed E-state index contributed by atoms with van der Waals surface area (Å²) in [6.07, 6.45) is 12.0. The molecule has 2 aliphatic carbocycles. The summed E-state index contributed by atoms with van der Waals surface area (Å²) in [6.45, 7) is 4.26. The number of hydrogen-bond acceptors (Lipinski definition) is 3. The van der Waals surface area contributed by atoms with Gasteiger partial charge in [-0.05, 0) is 44.1 Å². The first-order chi connectivity index (χ1) is 9.80. The number of rotatable bonds is 7. The van der Waals surface area contributed by atoms with E-state index in [4.69, 9.17) is 5.73 Å². The zero-order chi connectivity index (χ0) is 14.4. The Morgan fingerprint density at radius 2 is 1.90 bits per heavy atom. The second-order valence-electron chi connectivity index (χ2n) is 6.93. The molecular weight excluding hydrogens is 248 g/mol. The molecule has 0 aromatic carbocycles. The van der Waals surface area contributed by atoms with Crippen molar-refractivity contribution in [2.24, 2.45) is 17.6 Å². The third kappa shape index (κ3) is 3.96. The fraction of sp³-hybridized carbons (Fsp3) is 1.00. The Labute approximate surface area is 124 Å². The van der Waals surface area contributed by atoms with Crippen LogP contribution >= 0.6 is 0 Å². The molecule has 0 aliphatic heterocycles. The average Bonchev–Trinajstić information content (AvgIpc) is 2.99. The molecule has 0 heterocycles. The van der Waals surface area contributed by atoms with E-state index in [1.165, 1.54) is 57.8 Å². The van der Waals surface area contributed by atoms with E-state index < -0.39 is 0 Å². The van der Waals surface area contributed by atoms with E-state index in [0.29, 0.717) is 24.6 Å². The van der Waals surface area contributed by atoms with Crippen LogP contribution in [0.4, 0.5) is 0 Å². The third-order valence-corrected chi connectivity index (χ3v) is 5.64. The molecule has 3 N–H and O–H groups in total. The maximum Gasteiger partial charge on any atom is 0.0558 e. The first-order valence-electron chi connectivity index (χ1n) is 8.86. The lowest BCUT2D eigenvalue weighted by Crippen LogP contribution is -2.51. The van der Waals surface area contributed by atoms with Crippen molar-refractivity contribution in [3.05, 3.63) is 0 Å². The molecular formula is C17H34N2O. The van der Waals surface area contributed by atoms with Crippen molar-refractivity contribution in [2.45, 2.75) is 76.8 Å². The predicted molar refractivity (Wildman–Crippen MR) is 84.6 cm³/mol. The summed E-state index contributed by atoms with van der Waals surface area (Å²) in [7, 11) is 0. The minimum atomic E-state index is 0.294. The van der Waals surface area contributed by atoms with Gasteiger partial charge in [0.05, 0.1) is 6.61 Å². The van der Waals surface area contributed by atoms with Crippen LogP contribution in [-0.4, -0.2) is 41.8 Å². The molecule has 0 aromatic rings. The number of hydrogen-bond donors (Lipinski definition) is 2. The molecule has 20 heavy (non-hydrogen) atoms. The Bertz CT molecular complexity index is 266. The number of nitrogens with two attached hydrogens (primary N) is 1. The van der Waals surface area contributed by atoms with Gasteiger partial charge in [-0.2, -0.15) is 0 Å². The molecule has 0 aromatic heterocycles. The van der Waals surface area contributed by atoms with E-state index >= 15 is 0 Å². The second kappa shape index (κ2) is 8.35.